The fourth-order valence-electron chi connectivity index (χ4n) is 0. The van der Waals surface area contributed by atoms with Gasteiger partial charge in [0.1, 0.15) is 0 Å². The molecule has 0 saturated carbocycles. The van der Waals surface area contributed by atoms with Gasteiger partial charge in [0.25, 0.3) is 0 Å². The zero-order valence-corrected chi connectivity index (χ0v) is 3.86. The zero-order chi connectivity index (χ0) is 3.58. The van der Waals surface area contributed by atoms with Crippen molar-refractivity contribution in [2.24, 2.45) is 0 Å². The Balaban J connectivity index is 0. The quantitative estimate of drug-likeness (QED) is 0.287. The maximum Gasteiger partial charge on any atom is 0.0495 e. The number of rotatable bonds is 0. The Morgan fingerprint density at radius 3 is 1.40 bits per heavy atom. The van der Waals surface area contributed by atoms with Crippen LogP contribution in [0.15, 0.2) is 0 Å². The Labute approximate surface area is 41.4 Å². The van der Waals surface area contributed by atoms with Crippen molar-refractivity contribution in [3.8, 4) is 0 Å². The van der Waals surface area contributed by atoms with Gasteiger partial charge in [-0.15, -0.1) is 0 Å². The molecule has 0 fully saturated rings. The smallest absolute Gasteiger partial charge is 0.0495 e. The summed E-state index contributed by atoms with van der Waals surface area (Å²) in [6, 6.07) is 0. The van der Waals surface area contributed by atoms with E-state index in [0.717, 1.165) is 0 Å². The molecule has 0 aromatic rings. The van der Waals surface area contributed by atoms with Crippen molar-refractivity contribution < 1.29 is 29.7 Å². The van der Waals surface area contributed by atoms with Gasteiger partial charge >= 0.3 is 0 Å². The molecule has 1 N–H and O–H groups in total. The average Bonchev–Trinajstić information content (AvgIpc) is 0.811. The van der Waals surface area contributed by atoms with E-state index in [1.165, 1.54) is 0 Å². The van der Waals surface area contributed by atoms with E-state index in [0.29, 0.717) is 0 Å². The average molecular weight is 140 g/mol. The molecule has 0 unspecified atom stereocenters. The minimum atomic E-state index is -2.86. The predicted octanol–water partition coefficient (Wildman–Crippen LogP) is -0.234. The molecule has 0 saturated heterocycles. The van der Waals surface area contributed by atoms with Gasteiger partial charge in [0, 0.05) is 27.8 Å². The van der Waals surface area contributed by atoms with E-state index in [1.54, 1.807) is 0 Å². The molecular weight excluding hydrogens is 139 g/mol. The van der Waals surface area contributed by atoms with E-state index >= 15 is 0 Å². The Kier molecular flexibility index (Phi) is 8.00. The Morgan fingerprint density at radius 1 is 1.40 bits per heavy atom. The molecule has 1 radical (unpaired) electrons. The van der Waals surface area contributed by atoms with Crippen molar-refractivity contribution in [3.63, 3.8) is 0 Å². The molecule has 0 heterocycles. The van der Waals surface area contributed by atoms with Crippen molar-refractivity contribution in [1.82, 2.24) is 0 Å². The van der Waals surface area contributed by atoms with Gasteiger partial charge < -0.3 is 13.0 Å². The first-order valence-corrected chi connectivity index (χ1v) is 1.55. The third kappa shape index (κ3) is 149. The van der Waals surface area contributed by atoms with E-state index in [9.17, 15) is 0 Å². The second kappa shape index (κ2) is 4.42. The summed E-state index contributed by atoms with van der Waals surface area (Å²) in [5, 5.41) is 0. The molecule has 0 bridgehead atoms. The van der Waals surface area contributed by atoms with Crippen LogP contribution in [-0.4, -0.2) is 4.55 Å². The van der Waals surface area contributed by atoms with Crippen LogP contribution in [0.3, 0.4) is 0 Å². The van der Waals surface area contributed by atoms with Crippen LogP contribution in [-0.2, 0) is 36.2 Å². The third-order valence-electron chi connectivity index (χ3n) is 0. The topological polar surface area (TPSA) is 54.4 Å². The molecule has 35 valence electrons. The summed E-state index contributed by atoms with van der Waals surface area (Å²) in [5.74, 6) is 0. The first kappa shape index (κ1) is 9.05. The van der Waals surface area contributed by atoms with Crippen LogP contribution in [0.25, 0.3) is 0 Å². The van der Waals surface area contributed by atoms with Crippen molar-refractivity contribution in [3.05, 3.63) is 0 Å². The minimum absolute atomic E-state index is 0. The van der Waals surface area contributed by atoms with E-state index < -0.39 is 11.0 Å². The van der Waals surface area contributed by atoms with Crippen LogP contribution in [0, 0.1) is 0 Å². The summed E-state index contributed by atoms with van der Waals surface area (Å²) in [7, 11) is -2.86. The second-order valence-corrected chi connectivity index (χ2v) is 0.651. The van der Waals surface area contributed by atoms with Crippen LogP contribution in [0.4, 0.5) is 0 Å². The van der Waals surface area contributed by atoms with Gasteiger partial charge in [-0.2, -0.15) is 0 Å². The second-order valence-electron chi connectivity index (χ2n) is 0.217. The van der Waals surface area contributed by atoms with Crippen LogP contribution in [0.1, 0.15) is 0 Å². The number of hydrogen-bond donors (Lipinski definition) is 1. The third-order valence-corrected chi connectivity index (χ3v) is 0. The molecule has 0 amide bonds. The molecule has 5 heavy (non-hydrogen) atoms. The van der Waals surface area contributed by atoms with Crippen LogP contribution in [0.5, 0.6) is 0 Å². The maximum absolute atomic E-state index is 8.56. The predicted molar refractivity (Wildman–Crippen MR) is 11.4 cm³/mol. The van der Waals surface area contributed by atoms with Crippen LogP contribution in [0.2, 0.25) is 0 Å². The first-order valence-electron chi connectivity index (χ1n) is 0.516. The van der Waals surface area contributed by atoms with Crippen molar-refractivity contribution >= 4 is 11.0 Å². The van der Waals surface area contributed by atoms with Crippen molar-refractivity contribution in [2.45, 2.75) is 0 Å². The summed E-state index contributed by atoms with van der Waals surface area (Å²) in [6.07, 6.45) is 0. The largest absolute Gasteiger partial charge is 0.439 e. The summed E-state index contributed by atoms with van der Waals surface area (Å²) < 4.78 is 24.1. The first-order chi connectivity index (χ1) is 1.73. The summed E-state index contributed by atoms with van der Waals surface area (Å²) >= 11 is 0. The molecular formula is HCoO3S-. The standard InChI is InChI=1S/Co.HO3S/c;1-4(2)3/h;(H,1,2,3)/q;-1. The molecule has 0 rings (SSSR count). The fraction of sp³-hybridized carbons (Fsp3) is 0. The molecule has 0 aromatic carbocycles. The summed E-state index contributed by atoms with van der Waals surface area (Å²) in [5.41, 5.74) is 0. The van der Waals surface area contributed by atoms with Gasteiger partial charge in [-0.25, -0.2) is 0 Å². The molecule has 0 spiro atoms. The fourth-order valence-corrected chi connectivity index (χ4v) is 0. The van der Waals surface area contributed by atoms with Crippen LogP contribution < -0.4 is 0 Å². The summed E-state index contributed by atoms with van der Waals surface area (Å²) in [4.78, 5) is 0. The van der Waals surface area contributed by atoms with E-state index in [2.05, 4.69) is 0 Å². The minimum Gasteiger partial charge on any atom is -0.439 e. The zero-order valence-electron chi connectivity index (χ0n) is 2.01. The van der Waals surface area contributed by atoms with Gasteiger partial charge in [0.05, 0.1) is 0 Å². The number of hydrogen-bond acceptors (Lipinski definition) is 3. The van der Waals surface area contributed by atoms with Crippen molar-refractivity contribution in [1.29, 1.82) is 0 Å². The molecule has 0 aliphatic carbocycles. The van der Waals surface area contributed by atoms with E-state index in [4.69, 9.17) is 13.0 Å². The van der Waals surface area contributed by atoms with Crippen LogP contribution >= 0.6 is 0 Å². The molecule has 3 nitrogen and oxygen atoms in total. The summed E-state index contributed by atoms with van der Waals surface area (Å²) in [6.45, 7) is 0. The molecule has 0 aliphatic rings. The SMILES string of the molecule is O=[S-](=O)O.[Co]. The normalized spacial score (nSPS) is 6.80. The van der Waals surface area contributed by atoms with Crippen molar-refractivity contribution in [2.75, 3.05) is 0 Å². The maximum atomic E-state index is 8.56. The molecule has 0 aromatic heterocycles. The molecule has 0 aliphatic heterocycles. The van der Waals surface area contributed by atoms with Gasteiger partial charge in [-0.1, -0.05) is 0 Å². The Bertz CT molecular complexity index is 55.3. The Morgan fingerprint density at radius 2 is 1.40 bits per heavy atom. The molecule has 0 atom stereocenters. The Hall–Kier alpha value is 0.416. The van der Waals surface area contributed by atoms with E-state index in [-0.39, 0.29) is 16.8 Å². The molecule has 5 heteroatoms. The van der Waals surface area contributed by atoms with Gasteiger partial charge in [0.2, 0.25) is 0 Å². The van der Waals surface area contributed by atoms with Gasteiger partial charge in [-0.05, 0) is 0 Å². The van der Waals surface area contributed by atoms with Gasteiger partial charge in [-0.3, -0.25) is 0 Å². The monoisotopic (exact) mass is 140 g/mol. The van der Waals surface area contributed by atoms with Gasteiger partial charge in [0.15, 0.2) is 0 Å². The van der Waals surface area contributed by atoms with E-state index in [1.807, 2.05) is 0 Å².